The minimum atomic E-state index is -1.15. The molecule has 38 heavy (non-hydrogen) atoms. The van der Waals surface area contributed by atoms with Crippen LogP contribution in [0.15, 0.2) is 42.5 Å². The maximum Gasteiger partial charge on any atom is 0.372 e. The third-order valence-corrected chi connectivity index (χ3v) is 7.44. The van der Waals surface area contributed by atoms with Crippen LogP contribution in [0.25, 0.3) is 11.0 Å². The number of piperidine rings is 1. The number of nitrogens with two attached hydrogens (primary N) is 1. The average molecular weight is 542 g/mol. The predicted molar refractivity (Wildman–Crippen MR) is 148 cm³/mol. The molecule has 2 aliphatic heterocycles. The maximum atomic E-state index is 12.7. The molecule has 1 amide bonds. The molecular weight excluding hydrogens is 506 g/mol. The molecular formula is C28H36ClN5O4. The molecule has 0 bridgehead atoms. The van der Waals surface area contributed by atoms with Gasteiger partial charge in [0.1, 0.15) is 5.52 Å². The van der Waals surface area contributed by atoms with Crippen LogP contribution in [0.5, 0.6) is 0 Å². The van der Waals surface area contributed by atoms with Gasteiger partial charge in [-0.1, -0.05) is 29.8 Å². The summed E-state index contributed by atoms with van der Waals surface area (Å²) in [6.07, 6.45) is 2.45. The van der Waals surface area contributed by atoms with Crippen molar-refractivity contribution in [2.45, 2.75) is 57.8 Å². The van der Waals surface area contributed by atoms with Gasteiger partial charge in [-0.3, -0.25) is 4.79 Å². The average Bonchev–Trinajstić information content (AvgIpc) is 3.26. The lowest BCUT2D eigenvalue weighted by Gasteiger charge is -2.35. The van der Waals surface area contributed by atoms with Gasteiger partial charge in [0.2, 0.25) is 5.82 Å². The summed E-state index contributed by atoms with van der Waals surface area (Å²) in [6, 6.07) is 13.7. The fourth-order valence-corrected chi connectivity index (χ4v) is 4.95. The number of aromatic carboxylic acids is 1. The molecule has 0 atom stereocenters. The van der Waals surface area contributed by atoms with Crippen LogP contribution in [0.4, 0.5) is 0 Å². The first-order chi connectivity index (χ1) is 18.1. The number of para-hydroxylation sites is 1. The molecule has 9 nitrogen and oxygen atoms in total. The zero-order valence-corrected chi connectivity index (χ0v) is 22.6. The molecule has 4 N–H and O–H groups in total. The van der Waals surface area contributed by atoms with Gasteiger partial charge in [0.15, 0.2) is 0 Å². The Hall–Kier alpha value is -2.98. The lowest BCUT2D eigenvalue weighted by Crippen LogP contribution is -2.53. The number of amides is 1. The van der Waals surface area contributed by atoms with Crippen LogP contribution >= 0.6 is 11.6 Å². The fraction of sp³-hybridized carbons (Fsp3) is 0.464. The van der Waals surface area contributed by atoms with Gasteiger partial charge in [0, 0.05) is 36.7 Å². The number of imidazole rings is 1. The van der Waals surface area contributed by atoms with Crippen LogP contribution in [-0.4, -0.2) is 85.8 Å². The second kappa shape index (κ2) is 12.3. The molecule has 10 heteroatoms. The Morgan fingerprint density at radius 2 is 1.76 bits per heavy atom. The highest BCUT2D eigenvalue weighted by molar-refractivity contribution is 6.30. The molecule has 1 aromatic heterocycles. The van der Waals surface area contributed by atoms with Crippen molar-refractivity contribution in [1.82, 2.24) is 19.4 Å². The first-order valence-electron chi connectivity index (χ1n) is 13.1. The molecule has 0 unspecified atom stereocenters. The fourth-order valence-electron chi connectivity index (χ4n) is 4.83. The van der Waals surface area contributed by atoms with Crippen LogP contribution in [0.3, 0.4) is 0 Å². The van der Waals surface area contributed by atoms with Crippen LogP contribution < -0.4 is 5.73 Å². The van der Waals surface area contributed by atoms with Crippen LogP contribution in [0.1, 0.15) is 53.2 Å². The number of β-amino-alcohol motifs (C(OH)–C–C–N with tert-alkyl or cyclic N) is 1. The first-order valence-corrected chi connectivity index (χ1v) is 13.5. The summed E-state index contributed by atoms with van der Waals surface area (Å²) in [6.45, 7) is 7.84. The number of aryl methyl sites for hydroxylation is 2. The number of likely N-dealkylation sites (tertiary alicyclic amines) is 2. The van der Waals surface area contributed by atoms with E-state index in [-0.39, 0.29) is 24.8 Å². The zero-order chi connectivity index (χ0) is 27.4. The Morgan fingerprint density at radius 3 is 2.34 bits per heavy atom. The van der Waals surface area contributed by atoms with E-state index in [9.17, 15) is 19.8 Å². The van der Waals surface area contributed by atoms with E-state index >= 15 is 0 Å². The van der Waals surface area contributed by atoms with Gasteiger partial charge in [-0.15, -0.1) is 0 Å². The van der Waals surface area contributed by atoms with Crippen molar-refractivity contribution in [2.75, 3.05) is 26.2 Å². The Bertz CT molecular complexity index is 1260. The standard InChI is InChI=1S/C20H18ClN3O4.C8H18N2/c21-13-6-4-12(5-7-13)8-9-24-16-3-1-2-15(17(16)22-18(24)20(27)28)19(26)23-10-14(25)11-23;1-7(2)10-5-3-8(9)4-6-10/h1-7,14,25H,8-11H2,(H,27,28);7-8H,3-6,9H2,1-2H3. The number of aliphatic hydroxyl groups excluding tert-OH is 1. The lowest BCUT2D eigenvalue weighted by atomic mass is 10.1. The van der Waals surface area contributed by atoms with Crippen molar-refractivity contribution in [3.63, 3.8) is 0 Å². The van der Waals surface area contributed by atoms with Gasteiger partial charge in [0.25, 0.3) is 5.91 Å². The van der Waals surface area contributed by atoms with Gasteiger partial charge >= 0.3 is 5.97 Å². The Morgan fingerprint density at radius 1 is 1.11 bits per heavy atom. The molecule has 2 fully saturated rings. The highest BCUT2D eigenvalue weighted by Crippen LogP contribution is 2.24. The number of hydrogen-bond donors (Lipinski definition) is 3. The monoisotopic (exact) mass is 541 g/mol. The summed E-state index contributed by atoms with van der Waals surface area (Å²) in [5.74, 6) is -1.51. The third kappa shape index (κ3) is 6.53. The van der Waals surface area contributed by atoms with Crippen molar-refractivity contribution < 1.29 is 19.8 Å². The molecule has 2 aliphatic rings. The molecule has 3 aromatic rings. The summed E-state index contributed by atoms with van der Waals surface area (Å²) in [7, 11) is 0. The SMILES string of the molecule is CC(C)N1CCC(N)CC1.O=C(O)c1nc2c(C(=O)N3CC(O)C3)cccc2n1CCc1ccc(Cl)cc1. The number of carbonyl (C=O) groups excluding carboxylic acids is 1. The van der Waals surface area contributed by atoms with Gasteiger partial charge in [-0.05, 0) is 76.0 Å². The second-order valence-corrected chi connectivity index (χ2v) is 10.7. The normalized spacial score (nSPS) is 16.8. The van der Waals surface area contributed by atoms with Crippen molar-refractivity contribution in [3.05, 3.63) is 64.4 Å². The molecule has 3 heterocycles. The summed E-state index contributed by atoms with van der Waals surface area (Å²) < 4.78 is 1.62. The smallest absolute Gasteiger partial charge is 0.372 e. The van der Waals surface area contributed by atoms with E-state index in [1.807, 2.05) is 12.1 Å². The molecule has 0 spiro atoms. The molecule has 0 saturated carbocycles. The van der Waals surface area contributed by atoms with Gasteiger partial charge in [-0.25, -0.2) is 9.78 Å². The van der Waals surface area contributed by atoms with E-state index in [0.717, 1.165) is 5.56 Å². The number of aromatic nitrogens is 2. The maximum absolute atomic E-state index is 12.7. The Labute approximate surface area is 227 Å². The van der Waals surface area contributed by atoms with Crippen molar-refractivity contribution in [2.24, 2.45) is 5.73 Å². The number of carboxylic acid groups (broad SMARTS) is 1. The summed E-state index contributed by atoms with van der Waals surface area (Å²) in [4.78, 5) is 32.7. The number of fused-ring (bicyclic) bond motifs is 1. The molecule has 0 radical (unpaired) electrons. The van der Waals surface area contributed by atoms with E-state index in [0.29, 0.717) is 46.7 Å². The molecule has 2 aromatic carbocycles. The number of benzene rings is 2. The minimum Gasteiger partial charge on any atom is -0.475 e. The summed E-state index contributed by atoms with van der Waals surface area (Å²) in [5.41, 5.74) is 8.09. The minimum absolute atomic E-state index is 0.104. The van der Waals surface area contributed by atoms with E-state index in [4.69, 9.17) is 17.3 Å². The number of rotatable bonds is 6. The Kier molecular flexibility index (Phi) is 9.04. The topological polar surface area (TPSA) is 125 Å². The van der Waals surface area contributed by atoms with Crippen LogP contribution in [0, 0.1) is 0 Å². The highest BCUT2D eigenvalue weighted by atomic mass is 35.5. The lowest BCUT2D eigenvalue weighted by molar-refractivity contribution is 0.00601. The van der Waals surface area contributed by atoms with Crippen molar-refractivity contribution in [1.29, 1.82) is 0 Å². The number of carbonyl (C=O) groups is 2. The first kappa shape index (κ1) is 28.0. The number of aliphatic hydroxyl groups is 1. The molecule has 5 rings (SSSR count). The van der Waals surface area contributed by atoms with E-state index in [2.05, 4.69) is 23.7 Å². The highest BCUT2D eigenvalue weighted by Gasteiger charge is 2.31. The van der Waals surface area contributed by atoms with Gasteiger partial charge < -0.3 is 30.3 Å². The zero-order valence-electron chi connectivity index (χ0n) is 21.9. The number of halogens is 1. The number of nitrogens with zero attached hydrogens (tertiary/aromatic N) is 4. The summed E-state index contributed by atoms with van der Waals surface area (Å²) in [5, 5.41) is 19.7. The van der Waals surface area contributed by atoms with Crippen LogP contribution in [0.2, 0.25) is 5.02 Å². The van der Waals surface area contributed by atoms with Crippen LogP contribution in [-0.2, 0) is 13.0 Å². The van der Waals surface area contributed by atoms with E-state index in [1.54, 1.807) is 34.9 Å². The second-order valence-electron chi connectivity index (χ2n) is 10.3. The largest absolute Gasteiger partial charge is 0.475 e. The van der Waals surface area contributed by atoms with E-state index < -0.39 is 12.1 Å². The van der Waals surface area contributed by atoms with Gasteiger partial charge in [0.05, 0.1) is 17.2 Å². The third-order valence-electron chi connectivity index (χ3n) is 7.19. The quantitative estimate of drug-likeness (QED) is 0.437. The van der Waals surface area contributed by atoms with E-state index in [1.165, 1.54) is 30.8 Å². The predicted octanol–water partition coefficient (Wildman–Crippen LogP) is 3.27. The molecule has 0 aliphatic carbocycles. The van der Waals surface area contributed by atoms with Crippen molar-refractivity contribution >= 4 is 34.5 Å². The molecule has 204 valence electrons. The van der Waals surface area contributed by atoms with Gasteiger partial charge in [-0.2, -0.15) is 0 Å². The molecule has 2 saturated heterocycles. The van der Waals surface area contributed by atoms with Crippen molar-refractivity contribution in [3.8, 4) is 0 Å². The number of hydrogen-bond acceptors (Lipinski definition) is 6. The number of carboxylic acids is 1. The summed E-state index contributed by atoms with van der Waals surface area (Å²) >= 11 is 5.91. The Balaban J connectivity index is 0.000000283.